The third-order valence-electron chi connectivity index (χ3n) is 12.3. The standard InChI is InChI=1S/C60H101NO8/c1-3-5-7-9-11-13-15-17-18-19-20-21-22-23-24-25-26-27-28-29-30-31-32-33-34-35-36-38-40-42-44-46-48-50-56(64)61-53(52-68-60-59(67)58(66)57(65)55(51-62)69-60)54(63)49-47-45-43-41-39-37-16-14-12-10-8-6-4-2/h5,7,11-14,17-18,20-21,23-24,26-27,39,41,47,49,53-55,57-60,62-63,65-67H,3-4,6,8-10,15-16,19,22,25,28-38,40,42-46,48,50-52H2,1-2H3,(H,61,64)/b7-5-,13-11-,14-12+,18-17-,21-20-,24-23-,27-26-,41-39+,49-47+. The van der Waals surface area contributed by atoms with Gasteiger partial charge in [-0.2, -0.15) is 0 Å². The van der Waals surface area contributed by atoms with E-state index in [1.807, 2.05) is 6.08 Å². The Morgan fingerprint density at radius 1 is 0.507 bits per heavy atom. The number of allylic oxidation sites excluding steroid dienone is 17. The lowest BCUT2D eigenvalue weighted by Gasteiger charge is -2.40. The summed E-state index contributed by atoms with van der Waals surface area (Å²) in [5.41, 5.74) is 0. The summed E-state index contributed by atoms with van der Waals surface area (Å²) in [5.74, 6) is -0.197. The van der Waals surface area contributed by atoms with Gasteiger partial charge in [-0.1, -0.05) is 213 Å². The van der Waals surface area contributed by atoms with Gasteiger partial charge >= 0.3 is 0 Å². The lowest BCUT2D eigenvalue weighted by Crippen LogP contribution is -2.60. The van der Waals surface area contributed by atoms with Crippen molar-refractivity contribution in [2.75, 3.05) is 13.2 Å². The summed E-state index contributed by atoms with van der Waals surface area (Å²) in [7, 11) is 0. The Balaban J connectivity index is 2.18. The first-order valence-electron chi connectivity index (χ1n) is 27.6. The average molecular weight is 964 g/mol. The SMILES string of the molecule is CC/C=C\C/C=C\C/C=C\C/C=C\C/C=C\C/C=C\CCCCCCCCCCCCCCCCC(=O)NC(COC1OC(CO)C(O)C(O)C1O)C(O)/C=C/CC/C=C/CC/C=C/CCCCC. The molecule has 0 aromatic rings. The van der Waals surface area contributed by atoms with Crippen molar-refractivity contribution in [2.24, 2.45) is 0 Å². The van der Waals surface area contributed by atoms with E-state index in [9.17, 15) is 30.3 Å². The van der Waals surface area contributed by atoms with Gasteiger partial charge in [0.05, 0.1) is 25.4 Å². The van der Waals surface area contributed by atoms with Crippen LogP contribution in [-0.2, 0) is 14.3 Å². The topological polar surface area (TPSA) is 149 Å². The maximum absolute atomic E-state index is 13.0. The number of hydrogen-bond donors (Lipinski definition) is 6. The lowest BCUT2D eigenvalue weighted by molar-refractivity contribution is -0.302. The van der Waals surface area contributed by atoms with Crippen LogP contribution >= 0.6 is 0 Å². The molecule has 1 aliphatic rings. The first-order chi connectivity index (χ1) is 33.8. The molecular weight excluding hydrogens is 863 g/mol. The molecule has 0 aromatic carbocycles. The van der Waals surface area contributed by atoms with Crippen molar-refractivity contribution in [3.63, 3.8) is 0 Å². The summed E-state index contributed by atoms with van der Waals surface area (Å²) in [6, 6.07) is -0.834. The molecule has 6 N–H and O–H groups in total. The Kier molecular flexibility index (Phi) is 44.9. The average Bonchev–Trinajstić information content (AvgIpc) is 3.35. The van der Waals surface area contributed by atoms with E-state index in [4.69, 9.17) is 9.47 Å². The van der Waals surface area contributed by atoms with Gasteiger partial charge in [-0.05, 0) is 96.3 Å². The molecule has 0 aromatic heterocycles. The van der Waals surface area contributed by atoms with Crippen molar-refractivity contribution in [3.05, 3.63) is 109 Å². The van der Waals surface area contributed by atoms with E-state index >= 15 is 0 Å². The second-order valence-corrected chi connectivity index (χ2v) is 18.6. The summed E-state index contributed by atoms with van der Waals surface area (Å²) >= 11 is 0. The molecule has 0 bridgehead atoms. The van der Waals surface area contributed by atoms with Gasteiger partial charge in [0.1, 0.15) is 24.4 Å². The van der Waals surface area contributed by atoms with E-state index in [1.165, 1.54) is 96.3 Å². The first-order valence-corrected chi connectivity index (χ1v) is 27.6. The van der Waals surface area contributed by atoms with Gasteiger partial charge in [0.2, 0.25) is 5.91 Å². The number of rotatable bonds is 45. The van der Waals surface area contributed by atoms with Crippen LogP contribution in [0.15, 0.2) is 109 Å². The van der Waals surface area contributed by atoms with E-state index in [0.29, 0.717) is 6.42 Å². The highest BCUT2D eigenvalue weighted by atomic mass is 16.7. The highest BCUT2D eigenvalue weighted by Gasteiger charge is 2.44. The minimum atomic E-state index is -1.58. The van der Waals surface area contributed by atoms with Gasteiger partial charge in [0.15, 0.2) is 6.29 Å². The molecule has 1 rings (SSSR count). The molecule has 1 amide bonds. The smallest absolute Gasteiger partial charge is 0.220 e. The highest BCUT2D eigenvalue weighted by molar-refractivity contribution is 5.76. The fourth-order valence-corrected chi connectivity index (χ4v) is 7.96. The number of ether oxygens (including phenoxy) is 2. The van der Waals surface area contributed by atoms with Gasteiger partial charge in [0.25, 0.3) is 0 Å². The maximum atomic E-state index is 13.0. The molecule has 0 spiro atoms. The zero-order valence-electron chi connectivity index (χ0n) is 43.5. The van der Waals surface area contributed by atoms with Crippen LogP contribution in [0, 0.1) is 0 Å². The molecule has 1 fully saturated rings. The quantitative estimate of drug-likeness (QED) is 0.0261. The van der Waals surface area contributed by atoms with Crippen molar-refractivity contribution >= 4 is 5.91 Å². The van der Waals surface area contributed by atoms with Crippen LogP contribution in [0.4, 0.5) is 0 Å². The Morgan fingerprint density at radius 2 is 0.913 bits per heavy atom. The molecule has 9 heteroatoms. The summed E-state index contributed by atoms with van der Waals surface area (Å²) in [6.45, 7) is 3.59. The van der Waals surface area contributed by atoms with E-state index in [2.05, 4.69) is 116 Å². The number of unbranched alkanes of at least 4 members (excludes halogenated alkanes) is 19. The molecule has 1 heterocycles. The first kappa shape index (κ1) is 63.9. The van der Waals surface area contributed by atoms with Crippen LogP contribution in [0.25, 0.3) is 0 Å². The summed E-state index contributed by atoms with van der Waals surface area (Å²) < 4.78 is 11.2. The fraction of sp³-hybridized carbons (Fsp3) is 0.683. The number of aliphatic hydroxyl groups is 5. The minimum absolute atomic E-state index is 0.197. The van der Waals surface area contributed by atoms with Gasteiger partial charge in [-0.15, -0.1) is 0 Å². The number of aliphatic hydroxyl groups excluding tert-OH is 5. The van der Waals surface area contributed by atoms with Crippen LogP contribution in [0.1, 0.15) is 206 Å². The Morgan fingerprint density at radius 3 is 1.39 bits per heavy atom. The maximum Gasteiger partial charge on any atom is 0.220 e. The summed E-state index contributed by atoms with van der Waals surface area (Å²) in [6.07, 6.45) is 64.4. The number of nitrogens with one attached hydrogen (secondary N) is 1. The molecule has 7 atom stereocenters. The van der Waals surface area contributed by atoms with Crippen molar-refractivity contribution in [1.29, 1.82) is 0 Å². The number of amides is 1. The molecule has 1 saturated heterocycles. The molecule has 1 aliphatic heterocycles. The molecule has 7 unspecified atom stereocenters. The molecule has 394 valence electrons. The van der Waals surface area contributed by atoms with E-state index in [-0.39, 0.29) is 12.5 Å². The van der Waals surface area contributed by atoms with Crippen LogP contribution in [-0.4, -0.2) is 87.5 Å². The molecule has 0 radical (unpaired) electrons. The van der Waals surface area contributed by atoms with Crippen LogP contribution in [0.2, 0.25) is 0 Å². The van der Waals surface area contributed by atoms with Gasteiger partial charge in [0, 0.05) is 6.42 Å². The second-order valence-electron chi connectivity index (χ2n) is 18.6. The van der Waals surface area contributed by atoms with Crippen LogP contribution in [0.5, 0.6) is 0 Å². The predicted octanol–water partition coefficient (Wildman–Crippen LogP) is 13.4. The van der Waals surface area contributed by atoms with Crippen LogP contribution in [0.3, 0.4) is 0 Å². The number of carbonyl (C=O) groups excluding carboxylic acids is 1. The lowest BCUT2D eigenvalue weighted by atomic mass is 9.99. The zero-order valence-corrected chi connectivity index (χ0v) is 43.5. The summed E-state index contributed by atoms with van der Waals surface area (Å²) in [4.78, 5) is 13.0. The largest absolute Gasteiger partial charge is 0.394 e. The predicted molar refractivity (Wildman–Crippen MR) is 290 cm³/mol. The zero-order chi connectivity index (χ0) is 50.1. The third-order valence-corrected chi connectivity index (χ3v) is 12.3. The molecular formula is C60H101NO8. The number of hydrogen-bond acceptors (Lipinski definition) is 8. The number of carbonyl (C=O) groups is 1. The van der Waals surface area contributed by atoms with E-state index < -0.39 is 49.5 Å². The fourth-order valence-electron chi connectivity index (χ4n) is 7.96. The van der Waals surface area contributed by atoms with Gasteiger partial charge in [-0.3, -0.25) is 4.79 Å². The monoisotopic (exact) mass is 964 g/mol. The van der Waals surface area contributed by atoms with E-state index in [0.717, 1.165) is 89.9 Å². The normalized spacial score (nSPS) is 20.4. The highest BCUT2D eigenvalue weighted by Crippen LogP contribution is 2.23. The van der Waals surface area contributed by atoms with Crippen LogP contribution < -0.4 is 5.32 Å². The Bertz CT molecular complexity index is 1440. The molecule has 69 heavy (non-hydrogen) atoms. The third kappa shape index (κ3) is 38.2. The van der Waals surface area contributed by atoms with E-state index in [1.54, 1.807) is 6.08 Å². The molecule has 0 saturated carbocycles. The summed E-state index contributed by atoms with van der Waals surface area (Å²) in [5, 5.41) is 54.3. The minimum Gasteiger partial charge on any atom is -0.394 e. The van der Waals surface area contributed by atoms with Crippen molar-refractivity contribution in [3.8, 4) is 0 Å². The Labute approximate surface area is 421 Å². The Hall–Kier alpha value is -3.15. The van der Waals surface area contributed by atoms with Crippen molar-refractivity contribution in [2.45, 2.75) is 249 Å². The van der Waals surface area contributed by atoms with Gasteiger partial charge < -0.3 is 40.3 Å². The molecule has 0 aliphatic carbocycles. The van der Waals surface area contributed by atoms with Gasteiger partial charge in [-0.25, -0.2) is 0 Å². The van der Waals surface area contributed by atoms with Crippen molar-refractivity contribution in [1.82, 2.24) is 5.32 Å². The second kappa shape index (κ2) is 48.5. The molecule has 9 nitrogen and oxygen atoms in total. The van der Waals surface area contributed by atoms with Crippen molar-refractivity contribution < 1.29 is 39.8 Å².